The Morgan fingerprint density at radius 1 is 1.60 bits per heavy atom. The molecule has 0 atom stereocenters. The van der Waals surface area contributed by atoms with E-state index in [2.05, 4.69) is 26.0 Å². The highest BCUT2D eigenvalue weighted by atomic mass is 16.1. The van der Waals surface area contributed by atoms with Gasteiger partial charge in [0, 0.05) is 12.7 Å². The normalized spacial score (nSPS) is 9.47. The molecule has 1 aromatic heterocycles. The number of nitrogen functional groups attached to an aromatic ring is 1. The van der Waals surface area contributed by atoms with Gasteiger partial charge in [0.25, 0.3) is 0 Å². The van der Waals surface area contributed by atoms with Crippen molar-refractivity contribution in [1.29, 1.82) is 0 Å². The number of hydrogen-bond donors (Lipinski definition) is 4. The molecule has 0 aromatic carbocycles. The van der Waals surface area contributed by atoms with Crippen LogP contribution < -0.4 is 21.9 Å². The van der Waals surface area contributed by atoms with Crippen molar-refractivity contribution in [3.63, 3.8) is 0 Å². The van der Waals surface area contributed by atoms with E-state index in [0.29, 0.717) is 18.3 Å². The van der Waals surface area contributed by atoms with Crippen molar-refractivity contribution >= 4 is 17.7 Å². The third-order valence-corrected chi connectivity index (χ3v) is 1.59. The zero-order valence-corrected chi connectivity index (χ0v) is 8.45. The molecular formula is C8H14N6O. The minimum atomic E-state index is -0.0848. The lowest BCUT2D eigenvalue weighted by Gasteiger charge is -2.06. The van der Waals surface area contributed by atoms with Gasteiger partial charge >= 0.3 is 0 Å². The summed E-state index contributed by atoms with van der Waals surface area (Å²) in [6.07, 6.45) is 1.54. The highest BCUT2D eigenvalue weighted by Gasteiger charge is 2.00. The van der Waals surface area contributed by atoms with Crippen molar-refractivity contribution in [2.45, 2.75) is 6.92 Å². The predicted molar refractivity (Wildman–Crippen MR) is 57.0 cm³/mol. The Labute approximate surface area is 87.5 Å². The number of aromatic nitrogens is 2. The van der Waals surface area contributed by atoms with Crippen LogP contribution in [0.1, 0.15) is 6.92 Å². The molecule has 82 valence electrons. The Balaban J connectivity index is 2.46. The van der Waals surface area contributed by atoms with E-state index in [4.69, 9.17) is 5.84 Å². The summed E-state index contributed by atoms with van der Waals surface area (Å²) in [5, 5.41) is 5.50. The van der Waals surface area contributed by atoms with Gasteiger partial charge in [0.1, 0.15) is 5.82 Å². The molecule has 0 aliphatic carbocycles. The summed E-state index contributed by atoms with van der Waals surface area (Å²) < 4.78 is 0. The fraction of sp³-hybridized carbons (Fsp3) is 0.375. The standard InChI is InChI=1S/C8H14N6O/c1-2-10-7(15)5-12-6-3-4-11-8(13-6)14-9/h3-4H,2,5,9H2,1H3,(H,10,15)(H2,11,12,13,14). The van der Waals surface area contributed by atoms with E-state index in [1.165, 1.54) is 0 Å². The van der Waals surface area contributed by atoms with Crippen LogP contribution in [0.15, 0.2) is 12.3 Å². The van der Waals surface area contributed by atoms with E-state index in [-0.39, 0.29) is 12.5 Å². The van der Waals surface area contributed by atoms with E-state index < -0.39 is 0 Å². The number of amides is 1. The summed E-state index contributed by atoms with van der Waals surface area (Å²) in [5.74, 6) is 5.90. The molecule has 0 aliphatic rings. The molecule has 0 saturated heterocycles. The maximum atomic E-state index is 11.1. The van der Waals surface area contributed by atoms with Crippen molar-refractivity contribution in [3.8, 4) is 0 Å². The van der Waals surface area contributed by atoms with Crippen LogP contribution in [0.4, 0.5) is 11.8 Å². The van der Waals surface area contributed by atoms with E-state index in [0.717, 1.165) is 0 Å². The van der Waals surface area contributed by atoms with Crippen LogP contribution in [-0.2, 0) is 4.79 Å². The van der Waals surface area contributed by atoms with Crippen LogP contribution in [0.3, 0.4) is 0 Å². The predicted octanol–water partition coefficient (Wildman–Crippen LogP) is -0.690. The maximum absolute atomic E-state index is 11.1. The van der Waals surface area contributed by atoms with E-state index in [1.54, 1.807) is 12.3 Å². The highest BCUT2D eigenvalue weighted by molar-refractivity contribution is 5.80. The van der Waals surface area contributed by atoms with Crippen LogP contribution in [0.25, 0.3) is 0 Å². The second-order valence-corrected chi connectivity index (χ2v) is 2.72. The van der Waals surface area contributed by atoms with Gasteiger partial charge in [-0.2, -0.15) is 4.98 Å². The van der Waals surface area contributed by atoms with Gasteiger partial charge in [-0.25, -0.2) is 10.8 Å². The first-order valence-corrected chi connectivity index (χ1v) is 4.56. The summed E-state index contributed by atoms with van der Waals surface area (Å²) in [7, 11) is 0. The summed E-state index contributed by atoms with van der Waals surface area (Å²) in [6.45, 7) is 2.65. The second-order valence-electron chi connectivity index (χ2n) is 2.72. The molecule has 5 N–H and O–H groups in total. The molecule has 7 nitrogen and oxygen atoms in total. The van der Waals surface area contributed by atoms with E-state index in [9.17, 15) is 4.79 Å². The minimum Gasteiger partial charge on any atom is -0.361 e. The number of nitrogens with two attached hydrogens (primary N) is 1. The number of likely N-dealkylation sites (N-methyl/N-ethyl adjacent to an activating group) is 1. The van der Waals surface area contributed by atoms with Crippen molar-refractivity contribution in [3.05, 3.63) is 12.3 Å². The SMILES string of the molecule is CCNC(=O)CNc1ccnc(NN)n1. The van der Waals surface area contributed by atoms with Gasteiger partial charge in [0.05, 0.1) is 6.54 Å². The molecule has 0 aliphatic heterocycles. The fourth-order valence-corrected chi connectivity index (χ4v) is 0.957. The molecule has 0 saturated carbocycles. The molecule has 7 heteroatoms. The van der Waals surface area contributed by atoms with Crippen LogP contribution in [0, 0.1) is 0 Å². The number of nitrogens with one attached hydrogen (secondary N) is 3. The van der Waals surface area contributed by atoms with Gasteiger partial charge in [-0.05, 0) is 13.0 Å². The number of hydrazine groups is 1. The third-order valence-electron chi connectivity index (χ3n) is 1.59. The van der Waals surface area contributed by atoms with Crippen LogP contribution >= 0.6 is 0 Å². The highest BCUT2D eigenvalue weighted by Crippen LogP contribution is 2.03. The first-order chi connectivity index (χ1) is 7.26. The average Bonchev–Trinajstić information content (AvgIpc) is 2.27. The smallest absolute Gasteiger partial charge is 0.239 e. The summed E-state index contributed by atoms with van der Waals surface area (Å²) >= 11 is 0. The summed E-state index contributed by atoms with van der Waals surface area (Å²) in [4.78, 5) is 18.9. The van der Waals surface area contributed by atoms with Gasteiger partial charge in [-0.3, -0.25) is 10.2 Å². The molecule has 1 heterocycles. The molecule has 0 unspecified atom stereocenters. The van der Waals surface area contributed by atoms with Crippen LogP contribution in [-0.4, -0.2) is 29.0 Å². The molecule has 1 aromatic rings. The maximum Gasteiger partial charge on any atom is 0.239 e. The zero-order valence-electron chi connectivity index (χ0n) is 8.45. The molecule has 1 amide bonds. The average molecular weight is 210 g/mol. The van der Waals surface area contributed by atoms with Crippen molar-refractivity contribution in [2.24, 2.45) is 5.84 Å². The van der Waals surface area contributed by atoms with E-state index >= 15 is 0 Å². The fourth-order valence-electron chi connectivity index (χ4n) is 0.957. The Morgan fingerprint density at radius 2 is 2.40 bits per heavy atom. The van der Waals surface area contributed by atoms with Gasteiger partial charge in [-0.15, -0.1) is 0 Å². The van der Waals surface area contributed by atoms with Crippen molar-refractivity contribution < 1.29 is 4.79 Å². The van der Waals surface area contributed by atoms with Crippen LogP contribution in [0.5, 0.6) is 0 Å². The largest absolute Gasteiger partial charge is 0.361 e. The van der Waals surface area contributed by atoms with Gasteiger partial charge in [0.2, 0.25) is 11.9 Å². The molecule has 15 heavy (non-hydrogen) atoms. The Morgan fingerprint density at radius 3 is 3.07 bits per heavy atom. The Kier molecular flexibility index (Phi) is 4.30. The van der Waals surface area contributed by atoms with E-state index in [1.807, 2.05) is 6.92 Å². The number of nitrogens with zero attached hydrogens (tertiary/aromatic N) is 2. The summed E-state index contributed by atoms with van der Waals surface area (Å²) in [6, 6.07) is 1.65. The molecule has 0 fully saturated rings. The van der Waals surface area contributed by atoms with Crippen molar-refractivity contribution in [2.75, 3.05) is 23.8 Å². The third kappa shape index (κ3) is 3.77. The van der Waals surface area contributed by atoms with Crippen molar-refractivity contribution in [1.82, 2.24) is 15.3 Å². The topological polar surface area (TPSA) is 105 Å². The number of rotatable bonds is 5. The Bertz CT molecular complexity index is 329. The van der Waals surface area contributed by atoms with Crippen LogP contribution in [0.2, 0.25) is 0 Å². The molecule has 1 rings (SSSR count). The number of carbonyl (C=O) groups excluding carboxylic acids is 1. The first-order valence-electron chi connectivity index (χ1n) is 4.56. The Hall–Kier alpha value is -1.89. The lowest BCUT2D eigenvalue weighted by molar-refractivity contribution is -0.119. The minimum absolute atomic E-state index is 0.0848. The number of hydrogen-bond acceptors (Lipinski definition) is 6. The van der Waals surface area contributed by atoms with Gasteiger partial charge < -0.3 is 10.6 Å². The molecule has 0 spiro atoms. The lowest BCUT2D eigenvalue weighted by atomic mass is 10.5. The quantitative estimate of drug-likeness (QED) is 0.379. The van der Waals surface area contributed by atoms with Gasteiger partial charge in [-0.1, -0.05) is 0 Å². The zero-order chi connectivity index (χ0) is 11.1. The molecule has 0 bridgehead atoms. The first kappa shape index (κ1) is 11.2. The summed E-state index contributed by atoms with van der Waals surface area (Å²) in [5.41, 5.74) is 2.32. The lowest BCUT2D eigenvalue weighted by Crippen LogP contribution is -2.29. The molecular weight excluding hydrogens is 196 g/mol. The monoisotopic (exact) mass is 210 g/mol. The second kappa shape index (κ2) is 5.76. The van der Waals surface area contributed by atoms with Gasteiger partial charge in [0.15, 0.2) is 0 Å². The molecule has 0 radical (unpaired) electrons. The number of carbonyl (C=O) groups is 1. The number of anilines is 2.